The molecule has 0 radical (unpaired) electrons. The van der Waals surface area contributed by atoms with Gasteiger partial charge in [0.05, 0.1) is 19.1 Å². The standard InChI is InChI=1S/C18H16ClNO3/c1-21-16-5-3-15(19)9-13(16)8-14(11-20)12-2-4-17-18(10-12)23-7-6-22-17/h2-5,9-10,14H,6-8H2,1H3. The lowest BCUT2D eigenvalue weighted by molar-refractivity contribution is 0.171. The maximum absolute atomic E-state index is 9.58. The smallest absolute Gasteiger partial charge is 0.161 e. The molecule has 0 saturated heterocycles. The quantitative estimate of drug-likeness (QED) is 0.851. The largest absolute Gasteiger partial charge is 0.496 e. The highest BCUT2D eigenvalue weighted by molar-refractivity contribution is 6.30. The second kappa shape index (κ2) is 6.80. The van der Waals surface area contributed by atoms with Gasteiger partial charge in [0.15, 0.2) is 11.5 Å². The molecule has 4 nitrogen and oxygen atoms in total. The highest BCUT2D eigenvalue weighted by atomic mass is 35.5. The van der Waals surface area contributed by atoms with Gasteiger partial charge in [0.25, 0.3) is 0 Å². The predicted octanol–water partition coefficient (Wildman–Crippen LogP) is 3.97. The van der Waals surface area contributed by atoms with E-state index in [1.54, 1.807) is 13.2 Å². The maximum atomic E-state index is 9.58. The van der Waals surface area contributed by atoms with Gasteiger partial charge in [-0.15, -0.1) is 0 Å². The van der Waals surface area contributed by atoms with Crippen LogP contribution in [0.2, 0.25) is 5.02 Å². The fourth-order valence-corrected chi connectivity index (χ4v) is 2.84. The summed E-state index contributed by atoms with van der Waals surface area (Å²) < 4.78 is 16.5. The Bertz CT molecular complexity index is 754. The molecule has 1 atom stereocenters. The third kappa shape index (κ3) is 3.35. The Morgan fingerprint density at radius 3 is 2.70 bits per heavy atom. The Kier molecular flexibility index (Phi) is 4.59. The molecule has 0 spiro atoms. The molecule has 118 valence electrons. The summed E-state index contributed by atoms with van der Waals surface area (Å²) in [6.45, 7) is 1.07. The number of halogens is 1. The van der Waals surface area contributed by atoms with Crippen LogP contribution in [0.15, 0.2) is 36.4 Å². The summed E-state index contributed by atoms with van der Waals surface area (Å²) in [5.41, 5.74) is 1.79. The Morgan fingerprint density at radius 2 is 1.96 bits per heavy atom. The summed E-state index contributed by atoms with van der Waals surface area (Å²) in [5, 5.41) is 10.2. The molecule has 0 N–H and O–H groups in total. The molecular formula is C18H16ClNO3. The number of hydrogen-bond acceptors (Lipinski definition) is 4. The van der Waals surface area contributed by atoms with Crippen LogP contribution in [0.5, 0.6) is 17.2 Å². The average molecular weight is 330 g/mol. The van der Waals surface area contributed by atoms with Crippen molar-refractivity contribution in [1.82, 2.24) is 0 Å². The first-order valence-corrected chi connectivity index (χ1v) is 7.70. The number of methoxy groups -OCH3 is 1. The molecule has 2 aromatic carbocycles. The van der Waals surface area contributed by atoms with E-state index in [9.17, 15) is 5.26 Å². The minimum Gasteiger partial charge on any atom is -0.496 e. The minimum atomic E-state index is -0.321. The molecule has 0 saturated carbocycles. The highest BCUT2D eigenvalue weighted by Gasteiger charge is 2.19. The zero-order valence-electron chi connectivity index (χ0n) is 12.7. The molecule has 0 fully saturated rings. The summed E-state index contributed by atoms with van der Waals surface area (Å²) in [6.07, 6.45) is 0.514. The van der Waals surface area contributed by atoms with E-state index in [2.05, 4.69) is 6.07 Å². The SMILES string of the molecule is COc1ccc(Cl)cc1CC(C#N)c1ccc2c(c1)OCCO2. The lowest BCUT2D eigenvalue weighted by Crippen LogP contribution is -2.15. The van der Waals surface area contributed by atoms with Gasteiger partial charge in [0, 0.05) is 5.02 Å². The predicted molar refractivity (Wildman–Crippen MR) is 87.5 cm³/mol. The zero-order valence-corrected chi connectivity index (χ0v) is 13.5. The molecule has 0 bridgehead atoms. The van der Waals surface area contributed by atoms with Crippen LogP contribution in [-0.4, -0.2) is 20.3 Å². The van der Waals surface area contributed by atoms with Crippen LogP contribution in [0.1, 0.15) is 17.0 Å². The summed E-state index contributed by atoms with van der Waals surface area (Å²) >= 11 is 6.07. The molecule has 1 aliphatic rings. The molecule has 1 aliphatic heterocycles. The van der Waals surface area contributed by atoms with Crippen molar-refractivity contribution in [3.8, 4) is 23.3 Å². The molecule has 2 aromatic rings. The molecule has 1 heterocycles. The lowest BCUT2D eigenvalue weighted by Gasteiger charge is -2.20. The topological polar surface area (TPSA) is 51.5 Å². The first kappa shape index (κ1) is 15.5. The Morgan fingerprint density at radius 1 is 1.17 bits per heavy atom. The van der Waals surface area contributed by atoms with Gasteiger partial charge in [-0.2, -0.15) is 5.26 Å². The van der Waals surface area contributed by atoms with E-state index < -0.39 is 0 Å². The molecular weight excluding hydrogens is 314 g/mol. The van der Waals surface area contributed by atoms with Crippen LogP contribution in [0.4, 0.5) is 0 Å². The number of nitriles is 1. The van der Waals surface area contributed by atoms with E-state index in [0.717, 1.165) is 22.6 Å². The fraction of sp³-hybridized carbons (Fsp3) is 0.278. The molecule has 5 heteroatoms. The van der Waals surface area contributed by atoms with Crippen molar-refractivity contribution in [3.05, 3.63) is 52.5 Å². The first-order valence-electron chi connectivity index (χ1n) is 7.33. The van der Waals surface area contributed by atoms with Crippen molar-refractivity contribution in [2.45, 2.75) is 12.3 Å². The van der Waals surface area contributed by atoms with Crippen LogP contribution < -0.4 is 14.2 Å². The third-order valence-electron chi connectivity index (χ3n) is 3.79. The molecule has 23 heavy (non-hydrogen) atoms. The van der Waals surface area contributed by atoms with E-state index in [1.165, 1.54) is 0 Å². The number of rotatable bonds is 4. The second-order valence-corrected chi connectivity index (χ2v) is 5.68. The third-order valence-corrected chi connectivity index (χ3v) is 4.03. The van der Waals surface area contributed by atoms with Gasteiger partial charge < -0.3 is 14.2 Å². The Labute approximate surface area is 140 Å². The van der Waals surface area contributed by atoms with Gasteiger partial charge in [0.2, 0.25) is 0 Å². The van der Waals surface area contributed by atoms with Crippen molar-refractivity contribution in [2.75, 3.05) is 20.3 Å². The van der Waals surface area contributed by atoms with Gasteiger partial charge in [-0.25, -0.2) is 0 Å². The van der Waals surface area contributed by atoms with Crippen LogP contribution in [0.3, 0.4) is 0 Å². The van der Waals surface area contributed by atoms with Crippen molar-refractivity contribution >= 4 is 11.6 Å². The van der Waals surface area contributed by atoms with Crippen LogP contribution >= 0.6 is 11.6 Å². The monoisotopic (exact) mass is 329 g/mol. The van der Waals surface area contributed by atoms with Crippen LogP contribution in [0.25, 0.3) is 0 Å². The van der Waals surface area contributed by atoms with Crippen molar-refractivity contribution in [3.63, 3.8) is 0 Å². The van der Waals surface area contributed by atoms with E-state index in [1.807, 2.05) is 30.3 Å². The summed E-state index contributed by atoms with van der Waals surface area (Å²) in [4.78, 5) is 0. The second-order valence-electron chi connectivity index (χ2n) is 5.25. The molecule has 1 unspecified atom stereocenters. The Hall–Kier alpha value is -2.38. The summed E-state index contributed by atoms with van der Waals surface area (Å²) in [7, 11) is 1.61. The lowest BCUT2D eigenvalue weighted by atomic mass is 9.92. The first-order chi connectivity index (χ1) is 11.2. The van der Waals surface area contributed by atoms with Crippen LogP contribution in [0, 0.1) is 11.3 Å². The molecule has 0 aromatic heterocycles. The number of hydrogen-bond donors (Lipinski definition) is 0. The maximum Gasteiger partial charge on any atom is 0.161 e. The summed E-state index contributed by atoms with van der Waals surface area (Å²) in [6, 6.07) is 13.4. The molecule has 0 amide bonds. The van der Waals surface area contributed by atoms with E-state index in [4.69, 9.17) is 25.8 Å². The van der Waals surface area contributed by atoms with E-state index in [-0.39, 0.29) is 5.92 Å². The zero-order chi connectivity index (χ0) is 16.2. The molecule has 0 aliphatic carbocycles. The van der Waals surface area contributed by atoms with Gasteiger partial charge in [-0.05, 0) is 47.9 Å². The number of nitrogens with zero attached hydrogens (tertiary/aromatic N) is 1. The van der Waals surface area contributed by atoms with Crippen LogP contribution in [-0.2, 0) is 6.42 Å². The normalized spacial score (nSPS) is 14.0. The van der Waals surface area contributed by atoms with Crippen molar-refractivity contribution in [2.24, 2.45) is 0 Å². The number of ether oxygens (including phenoxy) is 3. The number of benzene rings is 2. The van der Waals surface area contributed by atoms with Gasteiger partial charge in [0.1, 0.15) is 19.0 Å². The van der Waals surface area contributed by atoms with E-state index in [0.29, 0.717) is 30.4 Å². The fourth-order valence-electron chi connectivity index (χ4n) is 2.64. The minimum absolute atomic E-state index is 0.321. The van der Waals surface area contributed by atoms with Gasteiger partial charge in [-0.1, -0.05) is 17.7 Å². The van der Waals surface area contributed by atoms with Crippen molar-refractivity contribution in [1.29, 1.82) is 5.26 Å². The highest BCUT2D eigenvalue weighted by Crippen LogP contribution is 2.35. The average Bonchev–Trinajstić information content (AvgIpc) is 2.59. The van der Waals surface area contributed by atoms with Gasteiger partial charge in [-0.3, -0.25) is 0 Å². The molecule has 3 rings (SSSR count). The summed E-state index contributed by atoms with van der Waals surface area (Å²) in [5.74, 6) is 1.81. The number of fused-ring (bicyclic) bond motifs is 1. The van der Waals surface area contributed by atoms with Gasteiger partial charge >= 0.3 is 0 Å². The van der Waals surface area contributed by atoms with Crippen molar-refractivity contribution < 1.29 is 14.2 Å². The van der Waals surface area contributed by atoms with E-state index >= 15 is 0 Å². The Balaban J connectivity index is 1.89.